The summed E-state index contributed by atoms with van der Waals surface area (Å²) in [6.45, 7) is 0. The number of rotatable bonds is 2. The highest BCUT2D eigenvalue weighted by Gasteiger charge is 2.33. The smallest absolute Gasteiger partial charge is 0.261 e. The lowest BCUT2D eigenvalue weighted by molar-refractivity contribution is 0.0693. The van der Waals surface area contributed by atoms with E-state index in [2.05, 4.69) is 5.32 Å². The van der Waals surface area contributed by atoms with Crippen molar-refractivity contribution in [3.05, 3.63) is 29.3 Å². The van der Waals surface area contributed by atoms with E-state index in [9.17, 15) is 18.0 Å². The molecule has 3 rings (SSSR count). The van der Waals surface area contributed by atoms with Crippen molar-refractivity contribution in [3.8, 4) is 0 Å². The summed E-state index contributed by atoms with van der Waals surface area (Å²) in [5, 5.41) is 3.16. The third-order valence-electron chi connectivity index (χ3n) is 3.92. The number of hydrogen-bond donors (Lipinski definition) is 1. The van der Waals surface area contributed by atoms with Crippen molar-refractivity contribution in [2.45, 2.75) is 18.9 Å². The van der Waals surface area contributed by atoms with Crippen LogP contribution in [0.4, 0.5) is 5.69 Å². The average Bonchev–Trinajstić information content (AvgIpc) is 2.63. The summed E-state index contributed by atoms with van der Waals surface area (Å²) in [7, 11) is -1.53. The molecule has 1 saturated heterocycles. The summed E-state index contributed by atoms with van der Waals surface area (Å²) >= 11 is 0. The number of carbonyl (C=O) groups excluding carboxylic acids is 2. The highest BCUT2D eigenvalue weighted by Crippen LogP contribution is 2.26. The van der Waals surface area contributed by atoms with Gasteiger partial charge in [0.05, 0.1) is 22.6 Å². The van der Waals surface area contributed by atoms with E-state index < -0.39 is 9.84 Å². The molecule has 2 heterocycles. The Labute approximate surface area is 123 Å². The van der Waals surface area contributed by atoms with Gasteiger partial charge in [-0.15, -0.1) is 0 Å². The quantitative estimate of drug-likeness (QED) is 0.821. The second-order valence-electron chi connectivity index (χ2n) is 5.53. The number of hydrogen-bond acceptors (Lipinski definition) is 5. The molecule has 1 unspecified atom stereocenters. The van der Waals surface area contributed by atoms with Gasteiger partial charge in [-0.2, -0.15) is 0 Å². The Balaban J connectivity index is 1.83. The van der Waals surface area contributed by atoms with Crippen LogP contribution in [0.2, 0.25) is 0 Å². The first-order valence-electron chi connectivity index (χ1n) is 6.81. The van der Waals surface area contributed by atoms with Crippen molar-refractivity contribution >= 4 is 27.3 Å². The lowest BCUT2D eigenvalue weighted by Crippen LogP contribution is -2.34. The van der Waals surface area contributed by atoms with Gasteiger partial charge in [0, 0.05) is 18.8 Å². The molecule has 0 aliphatic carbocycles. The van der Waals surface area contributed by atoms with Crippen molar-refractivity contribution in [1.82, 2.24) is 4.90 Å². The zero-order valence-corrected chi connectivity index (χ0v) is 12.4. The predicted molar refractivity (Wildman–Crippen MR) is 78.2 cm³/mol. The third-order valence-corrected chi connectivity index (χ3v) is 5.74. The van der Waals surface area contributed by atoms with Gasteiger partial charge in [0.2, 0.25) is 0 Å². The highest BCUT2D eigenvalue weighted by molar-refractivity contribution is 7.91. The van der Waals surface area contributed by atoms with Gasteiger partial charge in [0.25, 0.3) is 11.8 Å². The molecule has 7 heteroatoms. The molecule has 112 valence electrons. The van der Waals surface area contributed by atoms with Crippen LogP contribution in [0.15, 0.2) is 18.2 Å². The summed E-state index contributed by atoms with van der Waals surface area (Å²) in [5.74, 6) is -0.277. The van der Waals surface area contributed by atoms with Crippen LogP contribution in [0.3, 0.4) is 0 Å². The van der Waals surface area contributed by atoms with E-state index >= 15 is 0 Å². The molecular formula is C14H16N2O4S. The Hall–Kier alpha value is -1.89. The SMILES string of the molecule is CN1C(=O)c2ccc(NC3CCCS(=O)(=O)C3)cc2C1=O. The Bertz CT molecular complexity index is 726. The third kappa shape index (κ3) is 2.53. The normalized spacial score (nSPS) is 24.0. The summed E-state index contributed by atoms with van der Waals surface area (Å²) in [4.78, 5) is 24.8. The number of sulfone groups is 1. The lowest BCUT2D eigenvalue weighted by Gasteiger charge is -2.24. The molecule has 0 bridgehead atoms. The zero-order valence-electron chi connectivity index (χ0n) is 11.6. The molecule has 2 amide bonds. The van der Waals surface area contributed by atoms with Crippen LogP contribution in [-0.2, 0) is 9.84 Å². The van der Waals surface area contributed by atoms with Gasteiger partial charge in [-0.25, -0.2) is 8.42 Å². The number of fused-ring (bicyclic) bond motifs is 1. The molecule has 1 aromatic carbocycles. The van der Waals surface area contributed by atoms with E-state index in [-0.39, 0.29) is 29.4 Å². The van der Waals surface area contributed by atoms with Gasteiger partial charge >= 0.3 is 0 Å². The Morgan fingerprint density at radius 1 is 1.19 bits per heavy atom. The van der Waals surface area contributed by atoms with Crippen molar-refractivity contribution < 1.29 is 18.0 Å². The number of carbonyl (C=O) groups is 2. The molecule has 2 aliphatic rings. The fourth-order valence-corrected chi connectivity index (χ4v) is 4.46. The molecule has 1 N–H and O–H groups in total. The Kier molecular flexibility index (Phi) is 3.24. The number of anilines is 1. The number of amides is 2. The van der Waals surface area contributed by atoms with Crippen LogP contribution in [0, 0.1) is 0 Å². The van der Waals surface area contributed by atoms with Gasteiger partial charge < -0.3 is 5.32 Å². The van der Waals surface area contributed by atoms with Crippen molar-refractivity contribution in [1.29, 1.82) is 0 Å². The molecule has 0 radical (unpaired) electrons. The minimum atomic E-state index is -2.98. The summed E-state index contributed by atoms with van der Waals surface area (Å²) in [6, 6.07) is 4.80. The molecule has 0 saturated carbocycles. The zero-order chi connectivity index (χ0) is 15.2. The van der Waals surface area contributed by atoms with Crippen LogP contribution >= 0.6 is 0 Å². The molecule has 2 aliphatic heterocycles. The van der Waals surface area contributed by atoms with E-state index in [1.54, 1.807) is 18.2 Å². The molecule has 21 heavy (non-hydrogen) atoms. The minimum absolute atomic E-state index is 0.108. The molecule has 0 spiro atoms. The first kappa shape index (κ1) is 14.1. The van der Waals surface area contributed by atoms with Crippen LogP contribution < -0.4 is 5.32 Å². The van der Waals surface area contributed by atoms with E-state index in [4.69, 9.17) is 0 Å². The van der Waals surface area contributed by atoms with E-state index in [1.165, 1.54) is 7.05 Å². The van der Waals surface area contributed by atoms with Gasteiger partial charge in [0.15, 0.2) is 9.84 Å². The summed E-state index contributed by atoms with van der Waals surface area (Å²) < 4.78 is 23.3. The van der Waals surface area contributed by atoms with Crippen molar-refractivity contribution in [2.24, 2.45) is 0 Å². The Morgan fingerprint density at radius 2 is 1.90 bits per heavy atom. The minimum Gasteiger partial charge on any atom is -0.381 e. The van der Waals surface area contributed by atoms with E-state index in [0.717, 1.165) is 11.3 Å². The number of nitrogens with zero attached hydrogens (tertiary/aromatic N) is 1. The number of benzene rings is 1. The predicted octanol–water partition coefficient (Wildman–Crippen LogP) is 0.901. The molecule has 1 atom stereocenters. The maximum absolute atomic E-state index is 11.9. The first-order valence-corrected chi connectivity index (χ1v) is 8.63. The summed E-state index contributed by atoms with van der Waals surface area (Å²) in [5.41, 5.74) is 1.43. The second kappa shape index (κ2) is 4.84. The Morgan fingerprint density at radius 3 is 2.62 bits per heavy atom. The maximum Gasteiger partial charge on any atom is 0.261 e. The maximum atomic E-state index is 11.9. The number of imide groups is 1. The van der Waals surface area contributed by atoms with Gasteiger partial charge in [-0.05, 0) is 31.0 Å². The van der Waals surface area contributed by atoms with E-state index in [1.807, 2.05) is 0 Å². The van der Waals surface area contributed by atoms with Crippen LogP contribution in [0.1, 0.15) is 33.6 Å². The lowest BCUT2D eigenvalue weighted by atomic mass is 10.1. The van der Waals surface area contributed by atoms with Crippen LogP contribution in [-0.4, -0.2) is 49.7 Å². The largest absolute Gasteiger partial charge is 0.381 e. The van der Waals surface area contributed by atoms with Gasteiger partial charge in [0.1, 0.15) is 0 Å². The van der Waals surface area contributed by atoms with Crippen molar-refractivity contribution in [2.75, 3.05) is 23.9 Å². The monoisotopic (exact) mass is 308 g/mol. The fraction of sp³-hybridized carbons (Fsp3) is 0.429. The summed E-state index contributed by atoms with van der Waals surface area (Å²) in [6.07, 6.45) is 1.42. The molecule has 6 nitrogen and oxygen atoms in total. The van der Waals surface area contributed by atoms with E-state index in [0.29, 0.717) is 23.2 Å². The average molecular weight is 308 g/mol. The van der Waals surface area contributed by atoms with Gasteiger partial charge in [-0.3, -0.25) is 14.5 Å². The van der Waals surface area contributed by atoms with Crippen LogP contribution in [0.5, 0.6) is 0 Å². The second-order valence-corrected chi connectivity index (χ2v) is 7.76. The first-order chi connectivity index (χ1) is 9.87. The molecule has 1 fully saturated rings. The van der Waals surface area contributed by atoms with Crippen LogP contribution in [0.25, 0.3) is 0 Å². The van der Waals surface area contributed by atoms with Crippen molar-refractivity contribution in [3.63, 3.8) is 0 Å². The fourth-order valence-electron chi connectivity index (χ4n) is 2.82. The van der Waals surface area contributed by atoms with Gasteiger partial charge in [-0.1, -0.05) is 0 Å². The molecular weight excluding hydrogens is 292 g/mol. The molecule has 1 aromatic rings. The topological polar surface area (TPSA) is 83.6 Å². The molecule has 0 aromatic heterocycles. The number of nitrogens with one attached hydrogen (secondary N) is 1. The standard InChI is InChI=1S/C14H16N2O4S/c1-16-13(17)11-5-4-9(7-12(11)14(16)18)15-10-3-2-6-21(19,20)8-10/h4-5,7,10,15H,2-3,6,8H2,1H3. The highest BCUT2D eigenvalue weighted by atomic mass is 32.2.